The maximum absolute atomic E-state index is 11.7. The van der Waals surface area contributed by atoms with Gasteiger partial charge in [-0.15, -0.1) is 16.8 Å². The summed E-state index contributed by atoms with van der Waals surface area (Å²) in [7, 11) is 0. The van der Waals surface area contributed by atoms with Crippen molar-refractivity contribution < 1.29 is 4.79 Å². The topological polar surface area (TPSA) is 54.9 Å². The van der Waals surface area contributed by atoms with Gasteiger partial charge in [-0.2, -0.15) is 0 Å². The summed E-state index contributed by atoms with van der Waals surface area (Å²) in [6, 6.07) is 9.63. The van der Waals surface area contributed by atoms with Crippen LogP contribution in [0.25, 0.3) is 6.08 Å². The Morgan fingerprint density at radius 3 is 2.90 bits per heavy atom. The van der Waals surface area contributed by atoms with E-state index in [-0.39, 0.29) is 5.91 Å². The molecule has 1 aromatic carbocycles. The Kier molecular flexibility index (Phi) is 5.52. The Morgan fingerprint density at radius 1 is 1.35 bits per heavy atom. The molecule has 0 aliphatic rings. The summed E-state index contributed by atoms with van der Waals surface area (Å²) < 4.78 is 0.812. The first-order valence-corrected chi connectivity index (χ1v) is 7.69. The molecule has 2 aromatic rings. The third kappa shape index (κ3) is 4.64. The summed E-state index contributed by atoms with van der Waals surface area (Å²) in [6.07, 6.45) is 5.03. The number of nitrogens with zero attached hydrogens (tertiary/aromatic N) is 2. The van der Waals surface area contributed by atoms with Crippen LogP contribution in [0, 0.1) is 0 Å². The van der Waals surface area contributed by atoms with Gasteiger partial charge in [0.2, 0.25) is 11.0 Å². The van der Waals surface area contributed by atoms with Gasteiger partial charge in [-0.3, -0.25) is 10.1 Å². The van der Waals surface area contributed by atoms with Crippen LogP contribution >= 0.6 is 23.1 Å². The van der Waals surface area contributed by atoms with Crippen molar-refractivity contribution in [2.75, 3.05) is 11.1 Å². The van der Waals surface area contributed by atoms with Crippen molar-refractivity contribution in [2.45, 2.75) is 4.34 Å². The van der Waals surface area contributed by atoms with Crippen molar-refractivity contribution in [3.8, 4) is 0 Å². The number of nitrogens with one attached hydrogen (secondary N) is 1. The highest BCUT2D eigenvalue weighted by molar-refractivity contribution is 8.01. The van der Waals surface area contributed by atoms with Crippen molar-refractivity contribution in [1.29, 1.82) is 0 Å². The molecule has 0 aliphatic heterocycles. The van der Waals surface area contributed by atoms with Gasteiger partial charge in [0, 0.05) is 11.8 Å². The minimum atomic E-state index is -0.217. The minimum absolute atomic E-state index is 0.217. The highest BCUT2D eigenvalue weighted by Gasteiger charge is 2.05. The third-order valence-corrected chi connectivity index (χ3v) is 4.16. The number of benzene rings is 1. The number of rotatable bonds is 6. The Bertz CT molecular complexity index is 608. The molecule has 1 N–H and O–H groups in total. The maximum atomic E-state index is 11.7. The van der Waals surface area contributed by atoms with E-state index in [0.717, 1.165) is 15.7 Å². The molecule has 0 unspecified atom stereocenters. The van der Waals surface area contributed by atoms with Crippen LogP contribution in [0.15, 0.2) is 53.4 Å². The summed E-state index contributed by atoms with van der Waals surface area (Å²) in [5, 5.41) is 11.1. The standard InChI is InChI=1S/C14H13N3OS2/c1-2-10-19-14-17-16-13(20-14)15-12(18)9-8-11-6-4-3-5-7-11/h2-9H,1,10H2,(H,15,16,18)/b9-8+. The lowest BCUT2D eigenvalue weighted by atomic mass is 10.2. The van der Waals surface area contributed by atoms with Crippen molar-refractivity contribution in [1.82, 2.24) is 10.2 Å². The molecular formula is C14H13N3OS2. The molecule has 0 atom stereocenters. The number of anilines is 1. The number of carbonyl (C=O) groups excluding carboxylic acids is 1. The fraction of sp³-hybridized carbons (Fsp3) is 0.0714. The van der Waals surface area contributed by atoms with Crippen LogP contribution in [-0.2, 0) is 4.79 Å². The SMILES string of the molecule is C=CCSc1nnc(NC(=O)/C=C/c2ccccc2)s1. The molecule has 1 heterocycles. The van der Waals surface area contributed by atoms with Crippen LogP contribution < -0.4 is 5.32 Å². The molecule has 6 heteroatoms. The van der Waals surface area contributed by atoms with Crippen LogP contribution in [0.3, 0.4) is 0 Å². The number of thioether (sulfide) groups is 1. The molecule has 0 radical (unpaired) electrons. The number of aromatic nitrogens is 2. The van der Waals surface area contributed by atoms with Gasteiger partial charge in [-0.25, -0.2) is 0 Å². The molecule has 20 heavy (non-hydrogen) atoms. The Labute approximate surface area is 125 Å². The Hall–Kier alpha value is -1.92. The minimum Gasteiger partial charge on any atom is -0.297 e. The summed E-state index contributed by atoms with van der Waals surface area (Å²) in [5.74, 6) is 0.557. The van der Waals surface area contributed by atoms with Crippen molar-refractivity contribution in [2.24, 2.45) is 0 Å². The third-order valence-electron chi connectivity index (χ3n) is 2.19. The maximum Gasteiger partial charge on any atom is 0.250 e. The van der Waals surface area contributed by atoms with E-state index in [0.29, 0.717) is 5.13 Å². The first-order valence-electron chi connectivity index (χ1n) is 5.89. The lowest BCUT2D eigenvalue weighted by molar-refractivity contribution is -0.111. The monoisotopic (exact) mass is 303 g/mol. The van der Waals surface area contributed by atoms with Gasteiger partial charge in [0.15, 0.2) is 4.34 Å². The number of hydrogen-bond acceptors (Lipinski definition) is 5. The zero-order chi connectivity index (χ0) is 14.2. The predicted molar refractivity (Wildman–Crippen MR) is 84.9 cm³/mol. The van der Waals surface area contributed by atoms with E-state index in [9.17, 15) is 4.79 Å². The first kappa shape index (κ1) is 14.5. The van der Waals surface area contributed by atoms with Crippen LogP contribution in [0.2, 0.25) is 0 Å². The summed E-state index contributed by atoms with van der Waals surface area (Å²) in [6.45, 7) is 3.64. The molecule has 0 bridgehead atoms. The second kappa shape index (κ2) is 7.62. The Balaban J connectivity index is 1.89. The fourth-order valence-corrected chi connectivity index (χ4v) is 2.85. The second-order valence-corrected chi connectivity index (χ2v) is 5.95. The average Bonchev–Trinajstić information content (AvgIpc) is 2.91. The van der Waals surface area contributed by atoms with Gasteiger partial charge >= 0.3 is 0 Å². The van der Waals surface area contributed by atoms with Crippen LogP contribution in [0.5, 0.6) is 0 Å². The lowest BCUT2D eigenvalue weighted by Crippen LogP contribution is -2.07. The van der Waals surface area contributed by atoms with E-state index in [1.54, 1.807) is 12.2 Å². The first-order chi connectivity index (χ1) is 9.78. The molecule has 0 aliphatic carbocycles. The molecule has 0 fully saturated rings. The van der Waals surface area contributed by atoms with Gasteiger partial charge in [-0.05, 0) is 11.6 Å². The van der Waals surface area contributed by atoms with E-state index < -0.39 is 0 Å². The average molecular weight is 303 g/mol. The largest absolute Gasteiger partial charge is 0.297 e. The van der Waals surface area contributed by atoms with Gasteiger partial charge in [-0.1, -0.05) is 59.5 Å². The molecule has 102 valence electrons. The predicted octanol–water partition coefficient (Wildman–Crippen LogP) is 3.47. The highest BCUT2D eigenvalue weighted by atomic mass is 32.2. The highest BCUT2D eigenvalue weighted by Crippen LogP contribution is 2.25. The second-order valence-electron chi connectivity index (χ2n) is 3.71. The molecular weight excluding hydrogens is 290 g/mol. The van der Waals surface area contributed by atoms with Crippen molar-refractivity contribution in [3.63, 3.8) is 0 Å². The molecule has 4 nitrogen and oxygen atoms in total. The number of amides is 1. The van der Waals surface area contributed by atoms with Crippen molar-refractivity contribution >= 4 is 40.2 Å². The summed E-state index contributed by atoms with van der Waals surface area (Å²) >= 11 is 2.89. The zero-order valence-corrected chi connectivity index (χ0v) is 12.3. The summed E-state index contributed by atoms with van der Waals surface area (Å²) in [5.41, 5.74) is 0.974. The summed E-state index contributed by atoms with van der Waals surface area (Å²) in [4.78, 5) is 11.7. The lowest BCUT2D eigenvalue weighted by Gasteiger charge is -1.94. The molecule has 1 amide bonds. The molecule has 0 saturated carbocycles. The van der Waals surface area contributed by atoms with Gasteiger partial charge in [0.1, 0.15) is 0 Å². The van der Waals surface area contributed by atoms with Crippen LogP contribution in [-0.4, -0.2) is 21.9 Å². The smallest absolute Gasteiger partial charge is 0.250 e. The number of carbonyl (C=O) groups is 1. The van der Waals surface area contributed by atoms with Crippen LogP contribution in [0.1, 0.15) is 5.56 Å². The molecule has 0 saturated heterocycles. The fourth-order valence-electron chi connectivity index (χ4n) is 1.33. The van der Waals surface area contributed by atoms with Gasteiger partial charge in [0.05, 0.1) is 0 Å². The van der Waals surface area contributed by atoms with E-state index in [1.165, 1.54) is 29.2 Å². The van der Waals surface area contributed by atoms with E-state index >= 15 is 0 Å². The van der Waals surface area contributed by atoms with Crippen molar-refractivity contribution in [3.05, 3.63) is 54.6 Å². The van der Waals surface area contributed by atoms with E-state index in [1.807, 2.05) is 30.3 Å². The Morgan fingerprint density at radius 2 is 2.15 bits per heavy atom. The zero-order valence-electron chi connectivity index (χ0n) is 10.7. The molecule has 0 spiro atoms. The van der Waals surface area contributed by atoms with E-state index in [4.69, 9.17) is 0 Å². The van der Waals surface area contributed by atoms with E-state index in [2.05, 4.69) is 22.1 Å². The number of hydrogen-bond donors (Lipinski definition) is 1. The normalized spacial score (nSPS) is 10.6. The van der Waals surface area contributed by atoms with Gasteiger partial charge < -0.3 is 0 Å². The van der Waals surface area contributed by atoms with Crippen LogP contribution in [0.4, 0.5) is 5.13 Å². The molecule has 1 aromatic heterocycles. The van der Waals surface area contributed by atoms with Gasteiger partial charge in [0.25, 0.3) is 0 Å². The quantitative estimate of drug-likeness (QED) is 0.384. The molecule has 2 rings (SSSR count).